The van der Waals surface area contributed by atoms with Crippen molar-refractivity contribution in [2.24, 2.45) is 23.0 Å². The Hall–Kier alpha value is -0.680. The average molecular weight is 284 g/mol. The predicted octanol–water partition coefficient (Wildman–Crippen LogP) is 1.57. The van der Waals surface area contributed by atoms with Gasteiger partial charge in [0.1, 0.15) is 5.41 Å². The number of hydrogen-bond acceptors (Lipinski definition) is 3. The van der Waals surface area contributed by atoms with Gasteiger partial charge >= 0.3 is 0 Å². The molecular formula is C14H24N2O2S. The van der Waals surface area contributed by atoms with Crippen LogP contribution in [0.1, 0.15) is 33.1 Å². The van der Waals surface area contributed by atoms with E-state index in [1.54, 1.807) is 0 Å². The molecule has 0 aromatic carbocycles. The quantitative estimate of drug-likeness (QED) is 0.799. The normalized spacial score (nSPS) is 26.7. The molecule has 1 unspecified atom stereocenters. The molecule has 2 rings (SSSR count). The van der Waals surface area contributed by atoms with E-state index in [0.717, 1.165) is 19.5 Å². The molecule has 19 heavy (non-hydrogen) atoms. The smallest absolute Gasteiger partial charge is 0.235 e. The molecule has 0 saturated carbocycles. The Labute approximate surface area is 120 Å². The van der Waals surface area contributed by atoms with Crippen LogP contribution in [0.5, 0.6) is 0 Å². The van der Waals surface area contributed by atoms with Crippen LogP contribution in [-0.2, 0) is 9.53 Å². The van der Waals surface area contributed by atoms with Crippen molar-refractivity contribution in [1.29, 1.82) is 0 Å². The molecule has 108 valence electrons. The van der Waals surface area contributed by atoms with Gasteiger partial charge in [-0.2, -0.15) is 0 Å². The maximum Gasteiger partial charge on any atom is 0.235 e. The van der Waals surface area contributed by atoms with E-state index in [1.165, 1.54) is 0 Å². The monoisotopic (exact) mass is 284 g/mol. The number of thiocarbonyl (C=S) groups is 1. The fourth-order valence-electron chi connectivity index (χ4n) is 3.10. The molecule has 5 heteroatoms. The highest BCUT2D eigenvalue weighted by atomic mass is 32.1. The minimum Gasteiger partial charge on any atom is -0.392 e. The van der Waals surface area contributed by atoms with Crippen LogP contribution >= 0.6 is 12.2 Å². The third kappa shape index (κ3) is 2.77. The summed E-state index contributed by atoms with van der Waals surface area (Å²) in [5, 5.41) is 0. The molecule has 0 bridgehead atoms. The molecule has 1 atom stereocenters. The molecule has 4 nitrogen and oxygen atoms in total. The summed E-state index contributed by atoms with van der Waals surface area (Å²) in [7, 11) is 0. The lowest BCUT2D eigenvalue weighted by atomic mass is 9.78. The second kappa shape index (κ2) is 5.75. The van der Waals surface area contributed by atoms with Crippen LogP contribution < -0.4 is 5.73 Å². The van der Waals surface area contributed by atoms with Crippen LogP contribution in [0, 0.1) is 17.3 Å². The van der Waals surface area contributed by atoms with E-state index in [-0.39, 0.29) is 5.91 Å². The molecule has 2 aliphatic rings. The van der Waals surface area contributed by atoms with Crippen molar-refractivity contribution in [1.82, 2.24) is 4.90 Å². The Morgan fingerprint density at radius 3 is 2.53 bits per heavy atom. The molecule has 0 radical (unpaired) electrons. The molecule has 1 amide bonds. The van der Waals surface area contributed by atoms with Crippen molar-refractivity contribution in [2.45, 2.75) is 33.1 Å². The molecule has 0 aromatic rings. The Morgan fingerprint density at radius 1 is 1.42 bits per heavy atom. The van der Waals surface area contributed by atoms with Gasteiger partial charge in [0.25, 0.3) is 0 Å². The number of nitrogens with zero attached hydrogens (tertiary/aromatic N) is 1. The minimum atomic E-state index is -0.653. The fraction of sp³-hybridized carbons (Fsp3) is 0.857. The molecule has 2 N–H and O–H groups in total. The highest BCUT2D eigenvalue weighted by Gasteiger charge is 2.46. The summed E-state index contributed by atoms with van der Waals surface area (Å²) in [5.74, 6) is 1.35. The second-order valence-corrected chi connectivity index (χ2v) is 6.54. The van der Waals surface area contributed by atoms with Crippen LogP contribution in [0.2, 0.25) is 0 Å². The van der Waals surface area contributed by atoms with E-state index in [0.29, 0.717) is 42.9 Å². The van der Waals surface area contributed by atoms with E-state index in [1.807, 2.05) is 4.90 Å². The van der Waals surface area contributed by atoms with Gasteiger partial charge in [0, 0.05) is 26.3 Å². The number of nitrogens with two attached hydrogens (primary N) is 1. The van der Waals surface area contributed by atoms with Gasteiger partial charge in [-0.15, -0.1) is 0 Å². The molecule has 2 aliphatic heterocycles. The van der Waals surface area contributed by atoms with Crippen LogP contribution in [0.4, 0.5) is 0 Å². The molecule has 0 aliphatic carbocycles. The van der Waals surface area contributed by atoms with Crippen LogP contribution in [0.3, 0.4) is 0 Å². The first-order chi connectivity index (χ1) is 8.97. The highest BCUT2D eigenvalue weighted by Crippen LogP contribution is 2.35. The van der Waals surface area contributed by atoms with Gasteiger partial charge in [-0.3, -0.25) is 4.79 Å². The lowest BCUT2D eigenvalue weighted by Gasteiger charge is -2.37. The van der Waals surface area contributed by atoms with E-state index >= 15 is 0 Å². The molecule has 2 heterocycles. The van der Waals surface area contributed by atoms with Crippen molar-refractivity contribution < 1.29 is 9.53 Å². The third-order valence-corrected chi connectivity index (χ3v) is 5.07. The van der Waals surface area contributed by atoms with Gasteiger partial charge in [0.2, 0.25) is 5.91 Å². The Morgan fingerprint density at radius 2 is 2.05 bits per heavy atom. The largest absolute Gasteiger partial charge is 0.392 e. The number of amides is 1. The number of rotatable bonds is 3. The number of carbonyl (C=O) groups excluding carboxylic acids is 1. The second-order valence-electron chi connectivity index (χ2n) is 6.10. The van der Waals surface area contributed by atoms with Crippen molar-refractivity contribution in [3.05, 3.63) is 0 Å². The minimum absolute atomic E-state index is 0.131. The summed E-state index contributed by atoms with van der Waals surface area (Å²) in [5.41, 5.74) is 5.24. The van der Waals surface area contributed by atoms with E-state index < -0.39 is 5.41 Å². The van der Waals surface area contributed by atoms with Crippen LogP contribution in [-0.4, -0.2) is 42.1 Å². The lowest BCUT2D eigenvalue weighted by Crippen LogP contribution is -2.52. The Bertz CT molecular complexity index is 364. The van der Waals surface area contributed by atoms with Crippen LogP contribution in [0.15, 0.2) is 0 Å². The van der Waals surface area contributed by atoms with Gasteiger partial charge < -0.3 is 15.4 Å². The summed E-state index contributed by atoms with van der Waals surface area (Å²) in [6.07, 6.45) is 2.35. The van der Waals surface area contributed by atoms with Crippen molar-refractivity contribution in [3.8, 4) is 0 Å². The number of likely N-dealkylation sites (tertiary alicyclic amines) is 1. The molecular weight excluding hydrogens is 260 g/mol. The van der Waals surface area contributed by atoms with E-state index in [9.17, 15) is 4.79 Å². The van der Waals surface area contributed by atoms with Crippen molar-refractivity contribution >= 4 is 23.1 Å². The van der Waals surface area contributed by atoms with Crippen molar-refractivity contribution in [2.75, 3.05) is 26.3 Å². The summed E-state index contributed by atoms with van der Waals surface area (Å²) < 4.78 is 5.36. The van der Waals surface area contributed by atoms with E-state index in [2.05, 4.69) is 13.8 Å². The summed E-state index contributed by atoms with van der Waals surface area (Å²) in [4.78, 5) is 15.1. The SMILES string of the molecule is CC(C)C1CCN(C(=O)C2(C(N)=S)CCOCC2)C1. The molecule has 2 fully saturated rings. The maximum absolute atomic E-state index is 12.8. The molecule has 0 aromatic heterocycles. The zero-order chi connectivity index (χ0) is 14.0. The summed E-state index contributed by atoms with van der Waals surface area (Å²) >= 11 is 5.20. The average Bonchev–Trinajstić information content (AvgIpc) is 2.88. The fourth-order valence-corrected chi connectivity index (χ4v) is 3.40. The zero-order valence-electron chi connectivity index (χ0n) is 11.9. The van der Waals surface area contributed by atoms with Crippen LogP contribution in [0.25, 0.3) is 0 Å². The van der Waals surface area contributed by atoms with E-state index in [4.69, 9.17) is 22.7 Å². The molecule has 0 spiro atoms. The predicted molar refractivity (Wildman–Crippen MR) is 78.8 cm³/mol. The lowest BCUT2D eigenvalue weighted by molar-refractivity contribution is -0.141. The summed E-state index contributed by atoms with van der Waals surface area (Å²) in [6.45, 7) is 7.27. The topological polar surface area (TPSA) is 55.6 Å². The number of carbonyl (C=O) groups is 1. The Kier molecular flexibility index (Phi) is 4.46. The first-order valence-corrected chi connectivity index (χ1v) is 7.55. The van der Waals surface area contributed by atoms with Gasteiger partial charge in [0.15, 0.2) is 0 Å². The number of ether oxygens (including phenoxy) is 1. The first kappa shape index (κ1) is 14.7. The number of hydrogen-bond donors (Lipinski definition) is 1. The zero-order valence-corrected chi connectivity index (χ0v) is 12.7. The maximum atomic E-state index is 12.8. The molecule has 2 saturated heterocycles. The van der Waals surface area contributed by atoms with Gasteiger partial charge in [0.05, 0.1) is 4.99 Å². The van der Waals surface area contributed by atoms with Crippen molar-refractivity contribution in [3.63, 3.8) is 0 Å². The summed E-state index contributed by atoms with van der Waals surface area (Å²) in [6, 6.07) is 0. The van der Waals surface area contributed by atoms with Gasteiger partial charge in [-0.1, -0.05) is 26.1 Å². The first-order valence-electron chi connectivity index (χ1n) is 7.14. The Balaban J connectivity index is 2.11. The van der Waals surface area contributed by atoms with Gasteiger partial charge in [-0.05, 0) is 31.1 Å². The third-order valence-electron chi connectivity index (χ3n) is 4.68. The van der Waals surface area contributed by atoms with Gasteiger partial charge in [-0.25, -0.2) is 0 Å². The highest BCUT2D eigenvalue weighted by molar-refractivity contribution is 7.80. The standard InChI is InChI=1S/C14H24N2O2S/c1-10(2)11-3-6-16(9-11)13(17)14(12(15)19)4-7-18-8-5-14/h10-11H,3-9H2,1-2H3,(H2,15,19).